The summed E-state index contributed by atoms with van der Waals surface area (Å²) in [6, 6.07) is 27.8. The molecule has 176 valence electrons. The van der Waals surface area contributed by atoms with Crippen LogP contribution >= 0.6 is 0 Å². The number of esters is 1. The quantitative estimate of drug-likeness (QED) is 0.560. The fourth-order valence-electron chi connectivity index (χ4n) is 4.14. The van der Waals surface area contributed by atoms with E-state index in [1.165, 1.54) is 0 Å². The molecule has 0 saturated carbocycles. The van der Waals surface area contributed by atoms with Gasteiger partial charge in [0.05, 0.1) is 18.8 Å². The van der Waals surface area contributed by atoms with E-state index in [0.29, 0.717) is 5.56 Å². The van der Waals surface area contributed by atoms with Crippen LogP contribution in [0, 0.1) is 0 Å². The first kappa shape index (κ1) is 22.7. The van der Waals surface area contributed by atoms with Gasteiger partial charge in [0.2, 0.25) is 6.29 Å². The third-order valence-corrected chi connectivity index (χ3v) is 5.90. The van der Waals surface area contributed by atoms with Crippen molar-refractivity contribution in [3.05, 3.63) is 108 Å². The van der Waals surface area contributed by atoms with E-state index < -0.39 is 43.0 Å². The highest BCUT2D eigenvalue weighted by Crippen LogP contribution is 2.36. The Morgan fingerprint density at radius 2 is 1.53 bits per heavy atom. The fraction of sp³-hybridized carbons (Fsp3) is 0.296. The molecule has 0 bridgehead atoms. The number of hydrogen-bond donors (Lipinski definition) is 1. The summed E-state index contributed by atoms with van der Waals surface area (Å²) in [6.45, 7) is 0.451. The van der Waals surface area contributed by atoms with Gasteiger partial charge in [-0.05, 0) is 17.7 Å². The number of carbonyl (C=O) groups excluding carboxylic acids is 1. The molecule has 0 spiro atoms. The van der Waals surface area contributed by atoms with Crippen LogP contribution in [0.4, 0.5) is 0 Å². The van der Waals surface area contributed by atoms with E-state index in [1.54, 1.807) is 30.3 Å². The number of aliphatic hydroxyl groups excluding tert-OH is 1. The van der Waals surface area contributed by atoms with Crippen molar-refractivity contribution in [3.63, 3.8) is 0 Å². The van der Waals surface area contributed by atoms with Crippen LogP contribution in [-0.4, -0.2) is 48.4 Å². The molecule has 6 atom stereocenters. The number of carbonyl (C=O) groups is 1. The van der Waals surface area contributed by atoms with Gasteiger partial charge in [-0.25, -0.2) is 4.79 Å². The van der Waals surface area contributed by atoms with Gasteiger partial charge in [-0.15, -0.1) is 0 Å². The molecule has 3 aromatic carbocycles. The minimum atomic E-state index is -1.26. The van der Waals surface area contributed by atoms with Crippen LogP contribution in [0.15, 0.2) is 91.0 Å². The van der Waals surface area contributed by atoms with E-state index >= 15 is 0 Å². The van der Waals surface area contributed by atoms with Crippen molar-refractivity contribution in [1.82, 2.24) is 0 Å². The Morgan fingerprint density at radius 1 is 0.882 bits per heavy atom. The Morgan fingerprint density at radius 3 is 2.24 bits per heavy atom. The molecule has 0 aromatic heterocycles. The average Bonchev–Trinajstić information content (AvgIpc) is 2.90. The smallest absolute Gasteiger partial charge is 0.340 e. The molecule has 0 radical (unpaired) electrons. The predicted molar refractivity (Wildman–Crippen MR) is 122 cm³/mol. The van der Waals surface area contributed by atoms with E-state index in [2.05, 4.69) is 0 Å². The number of ether oxygens (including phenoxy) is 5. The molecule has 3 aromatic rings. The van der Waals surface area contributed by atoms with E-state index in [4.69, 9.17) is 23.7 Å². The van der Waals surface area contributed by atoms with Gasteiger partial charge in [-0.2, -0.15) is 0 Å². The van der Waals surface area contributed by atoms with E-state index in [9.17, 15) is 9.90 Å². The van der Waals surface area contributed by atoms with E-state index in [1.807, 2.05) is 60.7 Å². The molecule has 34 heavy (non-hydrogen) atoms. The molecule has 2 heterocycles. The zero-order valence-corrected chi connectivity index (χ0v) is 18.4. The Hall–Kier alpha value is -3.07. The Balaban J connectivity index is 1.35. The van der Waals surface area contributed by atoms with Gasteiger partial charge in [-0.3, -0.25) is 0 Å². The largest absolute Gasteiger partial charge is 0.429 e. The Labute approximate surface area is 197 Å². The Kier molecular flexibility index (Phi) is 6.99. The predicted octanol–water partition coefficient (Wildman–Crippen LogP) is 3.63. The molecule has 1 unspecified atom stereocenters. The minimum Gasteiger partial charge on any atom is -0.429 e. The summed E-state index contributed by atoms with van der Waals surface area (Å²) in [6.07, 6.45) is -5.11. The highest BCUT2D eigenvalue weighted by molar-refractivity contribution is 5.89. The van der Waals surface area contributed by atoms with Gasteiger partial charge >= 0.3 is 5.97 Å². The maximum atomic E-state index is 12.6. The van der Waals surface area contributed by atoms with Gasteiger partial charge in [0.1, 0.15) is 24.4 Å². The summed E-state index contributed by atoms with van der Waals surface area (Å²) in [4.78, 5) is 12.6. The summed E-state index contributed by atoms with van der Waals surface area (Å²) in [5.74, 6) is -0.593. The maximum Gasteiger partial charge on any atom is 0.340 e. The van der Waals surface area contributed by atoms with Crippen molar-refractivity contribution in [2.45, 2.75) is 43.6 Å². The lowest BCUT2D eigenvalue weighted by atomic mass is 9.97. The van der Waals surface area contributed by atoms with Crippen molar-refractivity contribution in [1.29, 1.82) is 0 Å². The van der Waals surface area contributed by atoms with Crippen molar-refractivity contribution in [2.75, 3.05) is 6.61 Å². The van der Waals surface area contributed by atoms with Gasteiger partial charge in [-0.1, -0.05) is 78.9 Å². The molecule has 0 amide bonds. The first-order valence-electron chi connectivity index (χ1n) is 11.3. The highest BCUT2D eigenvalue weighted by atomic mass is 16.8. The number of fused-ring (bicyclic) bond motifs is 1. The average molecular weight is 462 g/mol. The standard InChI is InChI=1S/C27H26O7/c28-22-24(30-16-18-10-4-1-5-11-18)23-21(17-31-26(33-23)20-14-8-3-9-15-20)32-27(22)34-25(29)19-12-6-2-7-13-19/h1-15,21-24,26-28H,16-17H2/t21-,22-,23-,24-,26?,27-/m1/s1. The van der Waals surface area contributed by atoms with Gasteiger partial charge in [0.25, 0.3) is 0 Å². The molecule has 2 aliphatic rings. The number of aliphatic hydroxyl groups is 1. The zero-order valence-electron chi connectivity index (χ0n) is 18.4. The van der Waals surface area contributed by atoms with E-state index in [0.717, 1.165) is 11.1 Å². The molecule has 2 fully saturated rings. The molecule has 2 saturated heterocycles. The van der Waals surface area contributed by atoms with Crippen LogP contribution in [0.3, 0.4) is 0 Å². The summed E-state index contributed by atoms with van der Waals surface area (Å²) in [5.41, 5.74) is 2.17. The van der Waals surface area contributed by atoms with Crippen molar-refractivity contribution in [3.8, 4) is 0 Å². The number of benzene rings is 3. The summed E-state index contributed by atoms with van der Waals surface area (Å²) in [5, 5.41) is 11.2. The lowest BCUT2D eigenvalue weighted by Crippen LogP contribution is -2.63. The van der Waals surface area contributed by atoms with Crippen LogP contribution in [-0.2, 0) is 30.3 Å². The van der Waals surface area contributed by atoms with Crippen LogP contribution < -0.4 is 0 Å². The van der Waals surface area contributed by atoms with Gasteiger partial charge in [0, 0.05) is 5.56 Å². The number of hydrogen-bond acceptors (Lipinski definition) is 7. The third-order valence-electron chi connectivity index (χ3n) is 5.90. The van der Waals surface area contributed by atoms with Crippen LogP contribution in [0.2, 0.25) is 0 Å². The molecular formula is C27H26O7. The van der Waals surface area contributed by atoms with Crippen LogP contribution in [0.25, 0.3) is 0 Å². The second-order valence-corrected chi connectivity index (χ2v) is 8.24. The maximum absolute atomic E-state index is 12.6. The second kappa shape index (κ2) is 10.5. The summed E-state index contributed by atoms with van der Waals surface area (Å²) in [7, 11) is 0. The molecule has 2 aliphatic heterocycles. The highest BCUT2D eigenvalue weighted by Gasteiger charge is 2.51. The molecule has 7 heteroatoms. The lowest BCUT2D eigenvalue weighted by molar-refractivity contribution is -0.359. The van der Waals surface area contributed by atoms with Crippen LogP contribution in [0.5, 0.6) is 0 Å². The first-order chi connectivity index (χ1) is 16.7. The normalized spacial score (nSPS) is 28.6. The third kappa shape index (κ3) is 5.04. The van der Waals surface area contributed by atoms with Gasteiger partial charge < -0.3 is 28.8 Å². The van der Waals surface area contributed by atoms with Gasteiger partial charge in [0.15, 0.2) is 6.29 Å². The van der Waals surface area contributed by atoms with E-state index in [-0.39, 0.29) is 13.2 Å². The van der Waals surface area contributed by atoms with Crippen LogP contribution in [0.1, 0.15) is 27.8 Å². The topological polar surface area (TPSA) is 83.5 Å². The molecular weight excluding hydrogens is 436 g/mol. The fourth-order valence-corrected chi connectivity index (χ4v) is 4.14. The van der Waals surface area contributed by atoms with Crippen molar-refractivity contribution < 1.29 is 33.6 Å². The molecule has 1 N–H and O–H groups in total. The Bertz CT molecular complexity index is 1060. The zero-order chi connectivity index (χ0) is 23.3. The first-order valence-corrected chi connectivity index (χ1v) is 11.3. The SMILES string of the molecule is O=C(O[C@H]1O[C@@H]2COC(c3ccccc3)O[C@H]2[C@H](OCc2ccccc2)[C@H]1O)c1ccccc1. The molecule has 0 aliphatic carbocycles. The minimum absolute atomic E-state index is 0.196. The summed E-state index contributed by atoms with van der Waals surface area (Å²) < 4.78 is 29.7. The molecule has 7 nitrogen and oxygen atoms in total. The summed E-state index contributed by atoms with van der Waals surface area (Å²) >= 11 is 0. The second-order valence-electron chi connectivity index (χ2n) is 8.24. The van der Waals surface area contributed by atoms with Crippen molar-refractivity contribution in [2.24, 2.45) is 0 Å². The lowest BCUT2D eigenvalue weighted by Gasteiger charge is -2.47. The monoisotopic (exact) mass is 462 g/mol. The van der Waals surface area contributed by atoms with Crippen molar-refractivity contribution >= 4 is 5.97 Å². The number of rotatable bonds is 6. The molecule has 5 rings (SSSR count).